The third kappa shape index (κ3) is 2.30. The van der Waals surface area contributed by atoms with Crippen LogP contribution in [0.3, 0.4) is 0 Å². The van der Waals surface area contributed by atoms with Crippen LogP contribution in [0.15, 0.2) is 53.7 Å². The average molecular weight is 350 g/mol. The highest BCUT2D eigenvalue weighted by Gasteiger charge is 2.12. The monoisotopic (exact) mass is 348 g/mol. The summed E-state index contributed by atoms with van der Waals surface area (Å²) in [5, 5.41) is 0.655. The zero-order valence-electron chi connectivity index (χ0n) is 10.3. The number of rotatable bonds is 2. The summed E-state index contributed by atoms with van der Waals surface area (Å²) in [6.07, 6.45) is 6.86. The number of benzene rings is 1. The highest BCUT2D eigenvalue weighted by molar-refractivity contribution is 9.10. The van der Waals surface area contributed by atoms with Gasteiger partial charge in [0.15, 0.2) is 0 Å². The molecule has 0 unspecified atom stereocenters. The highest BCUT2D eigenvalue weighted by Crippen LogP contribution is 2.31. The molecular formula is C14H10BrClN4. The summed E-state index contributed by atoms with van der Waals surface area (Å²) >= 11 is 9.59. The lowest BCUT2D eigenvalue weighted by Gasteiger charge is -2.11. The van der Waals surface area contributed by atoms with Gasteiger partial charge in [0.1, 0.15) is 0 Å². The second-order valence-corrected chi connectivity index (χ2v) is 5.50. The van der Waals surface area contributed by atoms with Crippen LogP contribution in [0.25, 0.3) is 16.9 Å². The fourth-order valence-corrected chi connectivity index (χ4v) is 2.58. The van der Waals surface area contributed by atoms with Crippen LogP contribution in [0.1, 0.15) is 0 Å². The van der Waals surface area contributed by atoms with Crippen molar-refractivity contribution in [2.24, 2.45) is 0 Å². The minimum absolute atomic E-state index is 0.653. The Morgan fingerprint density at radius 1 is 1.15 bits per heavy atom. The van der Waals surface area contributed by atoms with Gasteiger partial charge in [-0.1, -0.05) is 11.6 Å². The molecule has 0 aliphatic carbocycles. The Kier molecular flexibility index (Phi) is 3.46. The Labute approximate surface area is 129 Å². The first-order valence-corrected chi connectivity index (χ1v) is 7.01. The molecule has 0 spiro atoms. The van der Waals surface area contributed by atoms with Gasteiger partial charge in [0.2, 0.25) is 0 Å². The molecule has 20 heavy (non-hydrogen) atoms. The molecular weight excluding hydrogens is 340 g/mol. The maximum atomic E-state index is 6.07. The molecule has 0 radical (unpaired) electrons. The number of halogens is 2. The van der Waals surface area contributed by atoms with Crippen molar-refractivity contribution < 1.29 is 0 Å². The lowest BCUT2D eigenvalue weighted by atomic mass is 10.2. The third-order valence-electron chi connectivity index (χ3n) is 2.94. The van der Waals surface area contributed by atoms with E-state index < -0.39 is 0 Å². The van der Waals surface area contributed by atoms with Crippen molar-refractivity contribution in [3.63, 3.8) is 0 Å². The Bertz CT molecular complexity index is 769. The van der Waals surface area contributed by atoms with E-state index in [0.717, 1.165) is 21.4 Å². The van der Waals surface area contributed by atoms with Gasteiger partial charge in [-0.25, -0.2) is 4.98 Å². The Morgan fingerprint density at radius 3 is 2.80 bits per heavy atom. The topological polar surface area (TPSA) is 56.7 Å². The fourth-order valence-electron chi connectivity index (χ4n) is 1.98. The molecule has 0 amide bonds. The van der Waals surface area contributed by atoms with Gasteiger partial charge in [-0.15, -0.1) is 0 Å². The number of nitrogens with two attached hydrogens (primary N) is 1. The van der Waals surface area contributed by atoms with Crippen LogP contribution in [-0.2, 0) is 0 Å². The predicted octanol–water partition coefficient (Wildman–Crippen LogP) is 3.93. The molecule has 0 bridgehead atoms. The Morgan fingerprint density at radius 2 is 2.00 bits per heavy atom. The molecule has 1 aromatic carbocycles. The van der Waals surface area contributed by atoms with Crippen molar-refractivity contribution in [1.29, 1.82) is 0 Å². The second-order valence-electron chi connectivity index (χ2n) is 4.21. The van der Waals surface area contributed by atoms with E-state index in [1.165, 1.54) is 0 Å². The van der Waals surface area contributed by atoms with Gasteiger partial charge in [-0.05, 0) is 40.2 Å². The first-order chi connectivity index (χ1) is 9.66. The fraction of sp³-hybridized carbons (Fsp3) is 0. The molecule has 0 atom stereocenters. The van der Waals surface area contributed by atoms with Crippen molar-refractivity contribution in [2.45, 2.75) is 0 Å². The second kappa shape index (κ2) is 5.26. The SMILES string of the molecule is Nc1ccncc1-c1cncn1-c1cc(Cl)ccc1Br. The van der Waals surface area contributed by atoms with Crippen molar-refractivity contribution in [3.8, 4) is 16.9 Å². The number of aromatic nitrogens is 3. The molecule has 0 saturated heterocycles. The Hall–Kier alpha value is -1.85. The summed E-state index contributed by atoms with van der Waals surface area (Å²) < 4.78 is 2.84. The van der Waals surface area contributed by atoms with Crippen LogP contribution in [0.4, 0.5) is 5.69 Å². The number of anilines is 1. The minimum Gasteiger partial charge on any atom is -0.398 e. The normalized spacial score (nSPS) is 10.7. The van der Waals surface area contributed by atoms with Gasteiger partial charge >= 0.3 is 0 Å². The number of nitrogen functional groups attached to an aromatic ring is 1. The summed E-state index contributed by atoms with van der Waals surface area (Å²) in [4.78, 5) is 8.32. The maximum absolute atomic E-state index is 6.07. The molecule has 2 aromatic heterocycles. The van der Waals surface area contributed by atoms with Gasteiger partial charge in [-0.3, -0.25) is 9.55 Å². The van der Waals surface area contributed by atoms with Crippen LogP contribution < -0.4 is 5.73 Å². The van der Waals surface area contributed by atoms with Crippen LogP contribution in [0.2, 0.25) is 5.02 Å². The summed E-state index contributed by atoms with van der Waals surface area (Å²) in [7, 11) is 0. The van der Waals surface area contributed by atoms with Gasteiger partial charge in [0, 0.05) is 33.1 Å². The third-order valence-corrected chi connectivity index (χ3v) is 3.84. The lowest BCUT2D eigenvalue weighted by molar-refractivity contribution is 1.05. The quantitative estimate of drug-likeness (QED) is 0.762. The molecule has 3 aromatic rings. The van der Waals surface area contributed by atoms with E-state index in [-0.39, 0.29) is 0 Å². The standard InChI is InChI=1S/C14H10BrClN4/c15-11-2-1-9(16)5-13(11)20-8-19-7-14(20)10-6-18-4-3-12(10)17/h1-8H,(H2,17,18). The van der Waals surface area contributed by atoms with E-state index in [0.29, 0.717) is 10.7 Å². The highest BCUT2D eigenvalue weighted by atomic mass is 79.9. The van der Waals surface area contributed by atoms with E-state index in [1.807, 2.05) is 22.8 Å². The molecule has 0 aliphatic rings. The molecule has 0 fully saturated rings. The molecule has 0 saturated carbocycles. The zero-order valence-corrected chi connectivity index (χ0v) is 12.6. The number of pyridine rings is 1. The average Bonchev–Trinajstić information content (AvgIpc) is 2.91. The van der Waals surface area contributed by atoms with Crippen molar-refractivity contribution >= 4 is 33.2 Å². The van der Waals surface area contributed by atoms with E-state index >= 15 is 0 Å². The van der Waals surface area contributed by atoms with Crippen LogP contribution in [0, 0.1) is 0 Å². The molecule has 3 rings (SSSR count). The number of imidazole rings is 1. The molecule has 4 nitrogen and oxygen atoms in total. The van der Waals surface area contributed by atoms with Gasteiger partial charge in [-0.2, -0.15) is 0 Å². The summed E-state index contributed by atoms with van der Waals surface area (Å²) in [5.74, 6) is 0. The number of hydrogen-bond acceptors (Lipinski definition) is 3. The number of nitrogens with zero attached hydrogens (tertiary/aromatic N) is 3. The van der Waals surface area contributed by atoms with E-state index in [1.54, 1.807) is 31.0 Å². The number of hydrogen-bond donors (Lipinski definition) is 1. The predicted molar refractivity (Wildman–Crippen MR) is 83.9 cm³/mol. The molecule has 6 heteroatoms. The summed E-state index contributed by atoms with van der Waals surface area (Å²) in [6.45, 7) is 0. The van der Waals surface area contributed by atoms with Gasteiger partial charge in [0.25, 0.3) is 0 Å². The van der Waals surface area contributed by atoms with Crippen molar-refractivity contribution in [2.75, 3.05) is 5.73 Å². The Balaban J connectivity index is 2.21. The van der Waals surface area contributed by atoms with Crippen LogP contribution in [-0.4, -0.2) is 14.5 Å². The lowest BCUT2D eigenvalue weighted by Crippen LogP contribution is -1.99. The van der Waals surface area contributed by atoms with Crippen molar-refractivity contribution in [1.82, 2.24) is 14.5 Å². The first-order valence-electron chi connectivity index (χ1n) is 5.84. The molecule has 0 aliphatic heterocycles. The summed E-state index contributed by atoms with van der Waals surface area (Å²) in [5.41, 5.74) is 9.25. The zero-order chi connectivity index (χ0) is 14.1. The smallest absolute Gasteiger partial charge is 0.0997 e. The van der Waals surface area contributed by atoms with Gasteiger partial charge < -0.3 is 5.73 Å². The van der Waals surface area contributed by atoms with Crippen LogP contribution >= 0.6 is 27.5 Å². The van der Waals surface area contributed by atoms with Crippen molar-refractivity contribution in [3.05, 3.63) is 58.7 Å². The largest absolute Gasteiger partial charge is 0.398 e. The maximum Gasteiger partial charge on any atom is 0.0997 e. The molecule has 2 N–H and O–H groups in total. The van der Waals surface area contributed by atoms with Gasteiger partial charge in [0.05, 0.1) is 23.9 Å². The first kappa shape index (κ1) is 13.1. The van der Waals surface area contributed by atoms with Crippen LogP contribution in [0.5, 0.6) is 0 Å². The minimum atomic E-state index is 0.653. The van der Waals surface area contributed by atoms with E-state index in [4.69, 9.17) is 17.3 Å². The molecule has 2 heterocycles. The molecule has 100 valence electrons. The summed E-state index contributed by atoms with van der Waals surface area (Å²) in [6, 6.07) is 7.35. The van der Waals surface area contributed by atoms with E-state index in [2.05, 4.69) is 25.9 Å². The van der Waals surface area contributed by atoms with E-state index in [9.17, 15) is 0 Å².